The number of pyridine rings is 1. The van der Waals surface area contributed by atoms with Gasteiger partial charge in [-0.3, -0.25) is 9.48 Å². The topological polar surface area (TPSA) is 59.8 Å². The normalized spacial score (nSPS) is 11.3. The van der Waals surface area contributed by atoms with Crippen LogP contribution in [0.3, 0.4) is 0 Å². The van der Waals surface area contributed by atoms with Crippen molar-refractivity contribution in [1.82, 2.24) is 14.8 Å². The molecule has 0 saturated carbocycles. The standard InChI is InChI=1S/C18H18Cl2N4O/c1-9(2)14-8-12(16-10(3)23-24(4)17(16)21-14)18(25)22-15-7-11(19)5-6-13(15)20/h5-9H,1-4H3,(H,22,25). The Morgan fingerprint density at radius 3 is 2.64 bits per heavy atom. The maximum absolute atomic E-state index is 13.0. The molecule has 0 saturated heterocycles. The molecule has 0 spiro atoms. The molecule has 1 amide bonds. The number of nitrogens with zero attached hydrogens (tertiary/aromatic N) is 3. The first kappa shape index (κ1) is 17.7. The van der Waals surface area contributed by atoms with E-state index in [2.05, 4.69) is 15.4 Å². The number of fused-ring (bicyclic) bond motifs is 1. The van der Waals surface area contributed by atoms with E-state index in [1.54, 1.807) is 22.9 Å². The monoisotopic (exact) mass is 376 g/mol. The van der Waals surface area contributed by atoms with Gasteiger partial charge in [-0.15, -0.1) is 0 Å². The number of carbonyl (C=O) groups is 1. The van der Waals surface area contributed by atoms with Gasteiger partial charge in [-0.2, -0.15) is 5.10 Å². The number of nitrogens with one attached hydrogen (secondary N) is 1. The summed E-state index contributed by atoms with van der Waals surface area (Å²) in [6, 6.07) is 6.76. The molecule has 3 rings (SSSR count). The van der Waals surface area contributed by atoms with E-state index in [1.165, 1.54) is 0 Å². The Morgan fingerprint density at radius 2 is 1.96 bits per heavy atom. The molecule has 130 valence electrons. The van der Waals surface area contributed by atoms with E-state index in [1.807, 2.05) is 33.9 Å². The Hall–Kier alpha value is -2.11. The molecule has 7 heteroatoms. The zero-order valence-electron chi connectivity index (χ0n) is 14.4. The molecule has 0 atom stereocenters. The van der Waals surface area contributed by atoms with Crippen LogP contribution >= 0.6 is 23.2 Å². The molecule has 0 radical (unpaired) electrons. The fourth-order valence-corrected chi connectivity index (χ4v) is 3.06. The van der Waals surface area contributed by atoms with Gasteiger partial charge in [0.2, 0.25) is 0 Å². The molecular weight excluding hydrogens is 359 g/mol. The molecule has 0 unspecified atom stereocenters. The minimum absolute atomic E-state index is 0.181. The molecule has 3 aromatic rings. The Balaban J connectivity index is 2.13. The van der Waals surface area contributed by atoms with Gasteiger partial charge in [-0.1, -0.05) is 37.0 Å². The highest BCUT2D eigenvalue weighted by Gasteiger charge is 2.20. The van der Waals surface area contributed by atoms with Gasteiger partial charge in [0.1, 0.15) is 0 Å². The summed E-state index contributed by atoms with van der Waals surface area (Å²) in [7, 11) is 1.82. The van der Waals surface area contributed by atoms with Crippen LogP contribution in [-0.2, 0) is 7.05 Å². The molecule has 0 fully saturated rings. The number of anilines is 1. The zero-order valence-corrected chi connectivity index (χ0v) is 15.9. The van der Waals surface area contributed by atoms with Gasteiger partial charge in [-0.25, -0.2) is 4.98 Å². The van der Waals surface area contributed by atoms with E-state index in [0.717, 1.165) is 16.8 Å². The predicted octanol–water partition coefficient (Wildman–Crippen LogP) is 4.96. The molecule has 0 bridgehead atoms. The van der Waals surface area contributed by atoms with Crippen molar-refractivity contribution in [2.45, 2.75) is 26.7 Å². The number of hydrogen-bond donors (Lipinski definition) is 1. The lowest BCUT2D eigenvalue weighted by molar-refractivity contribution is 0.102. The van der Waals surface area contributed by atoms with E-state index < -0.39 is 0 Å². The number of halogens is 2. The van der Waals surface area contributed by atoms with Gasteiger partial charge in [0.15, 0.2) is 5.65 Å². The van der Waals surface area contributed by atoms with E-state index in [4.69, 9.17) is 23.2 Å². The van der Waals surface area contributed by atoms with E-state index in [9.17, 15) is 4.79 Å². The Morgan fingerprint density at radius 1 is 1.24 bits per heavy atom. The Kier molecular flexibility index (Phi) is 4.71. The molecule has 2 heterocycles. The minimum Gasteiger partial charge on any atom is -0.321 e. The van der Waals surface area contributed by atoms with Crippen LogP contribution in [-0.4, -0.2) is 20.7 Å². The van der Waals surface area contributed by atoms with E-state index in [-0.39, 0.29) is 11.8 Å². The van der Waals surface area contributed by atoms with Gasteiger partial charge < -0.3 is 5.32 Å². The first-order chi connectivity index (χ1) is 11.8. The predicted molar refractivity (Wildman–Crippen MR) is 102 cm³/mol. The summed E-state index contributed by atoms with van der Waals surface area (Å²) < 4.78 is 1.69. The summed E-state index contributed by atoms with van der Waals surface area (Å²) in [6.07, 6.45) is 0. The highest BCUT2D eigenvalue weighted by Crippen LogP contribution is 2.29. The van der Waals surface area contributed by atoms with Crippen molar-refractivity contribution < 1.29 is 4.79 Å². The number of benzene rings is 1. The van der Waals surface area contributed by atoms with E-state index in [0.29, 0.717) is 26.9 Å². The minimum atomic E-state index is -0.269. The summed E-state index contributed by atoms with van der Waals surface area (Å²) >= 11 is 12.2. The molecule has 0 aliphatic heterocycles. The van der Waals surface area contributed by atoms with Crippen LogP contribution in [0, 0.1) is 6.92 Å². The number of carbonyl (C=O) groups excluding carboxylic acids is 1. The van der Waals surface area contributed by atoms with Crippen LogP contribution in [0.5, 0.6) is 0 Å². The molecule has 25 heavy (non-hydrogen) atoms. The molecule has 2 aromatic heterocycles. The number of amides is 1. The number of rotatable bonds is 3. The fourth-order valence-electron chi connectivity index (χ4n) is 2.72. The largest absolute Gasteiger partial charge is 0.321 e. The lowest BCUT2D eigenvalue weighted by Crippen LogP contribution is -2.14. The molecule has 1 N–H and O–H groups in total. The van der Waals surface area contributed by atoms with Crippen LogP contribution in [0.4, 0.5) is 5.69 Å². The second-order valence-corrected chi connectivity index (χ2v) is 7.08. The van der Waals surface area contributed by atoms with E-state index >= 15 is 0 Å². The summed E-state index contributed by atoms with van der Waals surface area (Å²) in [5.41, 5.74) is 3.26. The maximum atomic E-state index is 13.0. The Labute approximate surface area is 156 Å². The van der Waals surface area contributed by atoms with Crippen molar-refractivity contribution in [3.8, 4) is 0 Å². The summed E-state index contributed by atoms with van der Waals surface area (Å²) in [5, 5.41) is 8.91. The first-order valence-electron chi connectivity index (χ1n) is 7.88. The van der Waals surface area contributed by atoms with Crippen molar-refractivity contribution in [3.63, 3.8) is 0 Å². The van der Waals surface area contributed by atoms with Crippen LogP contribution < -0.4 is 5.32 Å². The van der Waals surface area contributed by atoms with Gasteiger partial charge in [0, 0.05) is 17.8 Å². The Bertz CT molecular complexity index is 979. The fraction of sp³-hybridized carbons (Fsp3) is 0.278. The van der Waals surface area contributed by atoms with Crippen LogP contribution in [0.15, 0.2) is 24.3 Å². The van der Waals surface area contributed by atoms with Crippen molar-refractivity contribution in [1.29, 1.82) is 0 Å². The summed E-state index contributed by atoms with van der Waals surface area (Å²) in [6.45, 7) is 5.93. The molecule has 0 aliphatic carbocycles. The van der Waals surface area contributed by atoms with Crippen molar-refractivity contribution in [2.75, 3.05) is 5.32 Å². The molecule has 5 nitrogen and oxygen atoms in total. The highest BCUT2D eigenvalue weighted by atomic mass is 35.5. The van der Waals surface area contributed by atoms with Gasteiger partial charge in [0.05, 0.1) is 27.4 Å². The molecule has 0 aliphatic rings. The quantitative estimate of drug-likeness (QED) is 0.702. The van der Waals surface area contributed by atoms with Crippen molar-refractivity contribution >= 4 is 45.8 Å². The van der Waals surface area contributed by atoms with Gasteiger partial charge in [-0.05, 0) is 37.1 Å². The third kappa shape index (κ3) is 3.34. The number of hydrogen-bond acceptors (Lipinski definition) is 3. The van der Waals surface area contributed by atoms with Gasteiger partial charge in [0.25, 0.3) is 5.91 Å². The maximum Gasteiger partial charge on any atom is 0.256 e. The average molecular weight is 377 g/mol. The summed E-state index contributed by atoms with van der Waals surface area (Å²) in [4.78, 5) is 17.6. The zero-order chi connectivity index (χ0) is 18.3. The first-order valence-corrected chi connectivity index (χ1v) is 8.64. The lowest BCUT2D eigenvalue weighted by atomic mass is 10.0. The van der Waals surface area contributed by atoms with Crippen LogP contribution in [0.25, 0.3) is 11.0 Å². The van der Waals surface area contributed by atoms with Crippen LogP contribution in [0.2, 0.25) is 10.0 Å². The average Bonchev–Trinajstić information content (AvgIpc) is 2.84. The van der Waals surface area contributed by atoms with Gasteiger partial charge >= 0.3 is 0 Å². The second kappa shape index (κ2) is 6.65. The highest BCUT2D eigenvalue weighted by molar-refractivity contribution is 6.36. The lowest BCUT2D eigenvalue weighted by Gasteiger charge is -2.12. The SMILES string of the molecule is Cc1nn(C)c2nc(C(C)C)cc(C(=O)Nc3cc(Cl)ccc3Cl)c12. The number of aromatic nitrogens is 3. The molecule has 1 aromatic carbocycles. The number of aryl methyl sites for hydroxylation is 2. The summed E-state index contributed by atoms with van der Waals surface area (Å²) in [5.74, 6) is -0.0875. The van der Waals surface area contributed by atoms with Crippen LogP contribution in [0.1, 0.15) is 41.5 Å². The molecular formula is C18H18Cl2N4O. The third-order valence-electron chi connectivity index (χ3n) is 4.00. The third-order valence-corrected chi connectivity index (χ3v) is 4.57. The smallest absolute Gasteiger partial charge is 0.256 e. The second-order valence-electron chi connectivity index (χ2n) is 6.24. The van der Waals surface area contributed by atoms with Crippen molar-refractivity contribution in [3.05, 3.63) is 51.3 Å². The van der Waals surface area contributed by atoms with Crippen molar-refractivity contribution in [2.24, 2.45) is 7.05 Å².